The first-order valence-electron chi connectivity index (χ1n) is 5.63. The summed E-state index contributed by atoms with van der Waals surface area (Å²) in [6, 6.07) is 7.87. The molecule has 3 nitrogen and oxygen atoms in total. The zero-order chi connectivity index (χ0) is 12.3. The standard InChI is InChI=1S/C13H16N2OS/c1-9(6-8-16)17-12-5-4-11(14)13-10(12)3-2-7-15-13/h2-5,7,9,16H,6,8,14H2,1H3. The van der Waals surface area contributed by atoms with Crippen molar-refractivity contribution in [2.75, 3.05) is 12.3 Å². The SMILES string of the molecule is CC(CCO)Sc1ccc(N)c2ncccc12. The molecule has 1 atom stereocenters. The second-order valence-corrected chi connectivity index (χ2v) is 5.47. The number of hydrogen-bond donors (Lipinski definition) is 2. The van der Waals surface area contributed by atoms with Gasteiger partial charge in [0, 0.05) is 28.3 Å². The molecule has 0 fully saturated rings. The summed E-state index contributed by atoms with van der Waals surface area (Å²) in [5, 5.41) is 10.4. The van der Waals surface area contributed by atoms with Crippen molar-refractivity contribution < 1.29 is 5.11 Å². The van der Waals surface area contributed by atoms with Gasteiger partial charge in [0.05, 0.1) is 11.2 Å². The fourth-order valence-corrected chi connectivity index (χ4v) is 2.82. The Morgan fingerprint density at radius 1 is 1.41 bits per heavy atom. The highest BCUT2D eigenvalue weighted by molar-refractivity contribution is 8.00. The van der Waals surface area contributed by atoms with Crippen LogP contribution in [-0.2, 0) is 0 Å². The van der Waals surface area contributed by atoms with Crippen molar-refractivity contribution in [1.82, 2.24) is 4.98 Å². The number of anilines is 1. The number of aliphatic hydroxyl groups excluding tert-OH is 1. The number of fused-ring (bicyclic) bond motifs is 1. The molecule has 1 aromatic carbocycles. The maximum atomic E-state index is 8.93. The van der Waals surface area contributed by atoms with Crippen molar-refractivity contribution in [3.63, 3.8) is 0 Å². The molecule has 0 radical (unpaired) electrons. The Morgan fingerprint density at radius 3 is 3.00 bits per heavy atom. The van der Waals surface area contributed by atoms with Gasteiger partial charge < -0.3 is 10.8 Å². The normalized spacial score (nSPS) is 12.8. The molecule has 0 bridgehead atoms. The number of hydrogen-bond acceptors (Lipinski definition) is 4. The van der Waals surface area contributed by atoms with Gasteiger partial charge in [-0.2, -0.15) is 0 Å². The van der Waals surface area contributed by atoms with Gasteiger partial charge in [0.25, 0.3) is 0 Å². The minimum Gasteiger partial charge on any atom is -0.397 e. The first-order chi connectivity index (χ1) is 8.22. The van der Waals surface area contributed by atoms with Crippen LogP contribution in [0.3, 0.4) is 0 Å². The van der Waals surface area contributed by atoms with Crippen molar-refractivity contribution >= 4 is 28.4 Å². The molecule has 17 heavy (non-hydrogen) atoms. The highest BCUT2D eigenvalue weighted by Gasteiger charge is 2.09. The van der Waals surface area contributed by atoms with Crippen LogP contribution in [0.5, 0.6) is 0 Å². The van der Waals surface area contributed by atoms with Crippen molar-refractivity contribution in [3.8, 4) is 0 Å². The van der Waals surface area contributed by atoms with Crippen molar-refractivity contribution in [3.05, 3.63) is 30.5 Å². The Balaban J connectivity index is 2.38. The van der Waals surface area contributed by atoms with Gasteiger partial charge in [-0.05, 0) is 24.6 Å². The lowest BCUT2D eigenvalue weighted by Crippen LogP contribution is -1.99. The number of rotatable bonds is 4. The molecule has 2 rings (SSSR count). The first-order valence-corrected chi connectivity index (χ1v) is 6.51. The Hall–Kier alpha value is -1.26. The van der Waals surface area contributed by atoms with Gasteiger partial charge in [-0.3, -0.25) is 4.98 Å². The highest BCUT2D eigenvalue weighted by Crippen LogP contribution is 2.33. The third-order valence-corrected chi connectivity index (χ3v) is 3.87. The molecular formula is C13H16N2OS. The molecular weight excluding hydrogens is 232 g/mol. The largest absolute Gasteiger partial charge is 0.397 e. The minimum absolute atomic E-state index is 0.222. The average molecular weight is 248 g/mol. The maximum Gasteiger partial charge on any atom is 0.0942 e. The van der Waals surface area contributed by atoms with Crippen molar-refractivity contribution in [2.45, 2.75) is 23.5 Å². The van der Waals surface area contributed by atoms with Crippen molar-refractivity contribution in [1.29, 1.82) is 0 Å². The van der Waals surface area contributed by atoms with Crippen LogP contribution >= 0.6 is 11.8 Å². The minimum atomic E-state index is 0.222. The number of benzene rings is 1. The van der Waals surface area contributed by atoms with E-state index in [0.29, 0.717) is 10.9 Å². The van der Waals surface area contributed by atoms with Gasteiger partial charge in [-0.25, -0.2) is 0 Å². The fourth-order valence-electron chi connectivity index (χ4n) is 1.73. The van der Waals surface area contributed by atoms with E-state index in [-0.39, 0.29) is 6.61 Å². The Bertz CT molecular complexity index is 516. The Kier molecular flexibility index (Phi) is 3.86. The quantitative estimate of drug-likeness (QED) is 0.645. The van der Waals surface area contributed by atoms with E-state index in [0.717, 1.165) is 17.3 Å². The topological polar surface area (TPSA) is 59.1 Å². The van der Waals surface area contributed by atoms with Gasteiger partial charge in [-0.1, -0.05) is 13.0 Å². The molecule has 1 heterocycles. The molecule has 0 saturated carbocycles. The van der Waals surface area contributed by atoms with Crippen LogP contribution in [0.25, 0.3) is 10.9 Å². The lowest BCUT2D eigenvalue weighted by Gasteiger charge is -2.12. The van der Waals surface area contributed by atoms with E-state index in [1.165, 1.54) is 4.90 Å². The summed E-state index contributed by atoms with van der Waals surface area (Å²) >= 11 is 1.75. The van der Waals surface area contributed by atoms with E-state index in [1.54, 1.807) is 18.0 Å². The number of nitrogens with two attached hydrogens (primary N) is 1. The molecule has 90 valence electrons. The van der Waals surface area contributed by atoms with Crippen LogP contribution in [0.4, 0.5) is 5.69 Å². The zero-order valence-electron chi connectivity index (χ0n) is 9.76. The van der Waals surface area contributed by atoms with Crippen LogP contribution in [0, 0.1) is 0 Å². The molecule has 0 spiro atoms. The van der Waals surface area contributed by atoms with Gasteiger partial charge in [0.1, 0.15) is 0 Å². The molecule has 0 aliphatic carbocycles. The molecule has 4 heteroatoms. The number of nitrogens with zero attached hydrogens (tertiary/aromatic N) is 1. The van der Waals surface area contributed by atoms with Crippen LogP contribution in [0.15, 0.2) is 35.4 Å². The third-order valence-electron chi connectivity index (χ3n) is 2.62. The molecule has 0 aliphatic heterocycles. The number of aromatic nitrogens is 1. The molecule has 2 aromatic rings. The third kappa shape index (κ3) is 2.70. The van der Waals surface area contributed by atoms with Crippen LogP contribution < -0.4 is 5.73 Å². The predicted octanol–water partition coefficient (Wildman–Crippen LogP) is 2.68. The van der Waals surface area contributed by atoms with E-state index in [2.05, 4.69) is 11.9 Å². The van der Waals surface area contributed by atoms with E-state index in [4.69, 9.17) is 10.8 Å². The molecule has 0 aliphatic rings. The number of thioether (sulfide) groups is 1. The van der Waals surface area contributed by atoms with Gasteiger partial charge in [0.2, 0.25) is 0 Å². The van der Waals surface area contributed by atoms with Gasteiger partial charge in [0.15, 0.2) is 0 Å². The fraction of sp³-hybridized carbons (Fsp3) is 0.308. The number of nitrogen functional groups attached to an aromatic ring is 1. The molecule has 0 saturated heterocycles. The molecule has 0 amide bonds. The first kappa shape index (κ1) is 12.2. The highest BCUT2D eigenvalue weighted by atomic mass is 32.2. The summed E-state index contributed by atoms with van der Waals surface area (Å²) in [7, 11) is 0. The average Bonchev–Trinajstić information content (AvgIpc) is 2.34. The van der Waals surface area contributed by atoms with E-state index < -0.39 is 0 Å². The molecule has 3 N–H and O–H groups in total. The Labute approximate surface area is 105 Å². The second kappa shape index (κ2) is 5.38. The summed E-state index contributed by atoms with van der Waals surface area (Å²) in [5.74, 6) is 0. The summed E-state index contributed by atoms with van der Waals surface area (Å²) in [4.78, 5) is 5.48. The summed E-state index contributed by atoms with van der Waals surface area (Å²) in [5.41, 5.74) is 7.47. The predicted molar refractivity (Wildman–Crippen MR) is 73.2 cm³/mol. The monoisotopic (exact) mass is 248 g/mol. The molecule has 1 unspecified atom stereocenters. The van der Waals surface area contributed by atoms with E-state index in [9.17, 15) is 0 Å². The lowest BCUT2D eigenvalue weighted by molar-refractivity contribution is 0.289. The number of pyridine rings is 1. The van der Waals surface area contributed by atoms with Crippen LogP contribution in [-0.4, -0.2) is 21.9 Å². The summed E-state index contributed by atoms with van der Waals surface area (Å²) in [6.07, 6.45) is 2.54. The van der Waals surface area contributed by atoms with Crippen molar-refractivity contribution in [2.24, 2.45) is 0 Å². The molecule has 1 aromatic heterocycles. The smallest absolute Gasteiger partial charge is 0.0942 e. The van der Waals surface area contributed by atoms with Crippen LogP contribution in [0.2, 0.25) is 0 Å². The lowest BCUT2D eigenvalue weighted by atomic mass is 10.2. The van der Waals surface area contributed by atoms with E-state index in [1.807, 2.05) is 24.3 Å². The van der Waals surface area contributed by atoms with Gasteiger partial charge >= 0.3 is 0 Å². The summed E-state index contributed by atoms with van der Waals surface area (Å²) in [6.45, 7) is 2.33. The van der Waals surface area contributed by atoms with E-state index >= 15 is 0 Å². The summed E-state index contributed by atoms with van der Waals surface area (Å²) < 4.78 is 0. The zero-order valence-corrected chi connectivity index (χ0v) is 10.6. The Morgan fingerprint density at radius 2 is 2.24 bits per heavy atom. The number of aliphatic hydroxyl groups is 1. The van der Waals surface area contributed by atoms with Gasteiger partial charge in [-0.15, -0.1) is 11.8 Å². The van der Waals surface area contributed by atoms with Crippen LogP contribution in [0.1, 0.15) is 13.3 Å². The maximum absolute atomic E-state index is 8.93. The second-order valence-electron chi connectivity index (χ2n) is 3.99.